The second-order valence-corrected chi connectivity index (χ2v) is 14.7. The molecule has 3 amide bonds. The average molecular weight is 707 g/mol. The Balaban J connectivity index is 1.18. The summed E-state index contributed by atoms with van der Waals surface area (Å²) in [6.45, 7) is 2.23. The summed E-state index contributed by atoms with van der Waals surface area (Å²) in [7, 11) is 0. The number of hydrogen-bond donors (Lipinski definition) is 1. The Kier molecular flexibility index (Phi) is 8.67. The fourth-order valence-electron chi connectivity index (χ4n) is 7.46. The van der Waals surface area contributed by atoms with Gasteiger partial charge < -0.3 is 5.32 Å². The van der Waals surface area contributed by atoms with Crippen molar-refractivity contribution < 1.29 is 14.4 Å². The first-order valence-electron chi connectivity index (χ1n) is 15.7. The lowest BCUT2D eigenvalue weighted by molar-refractivity contribution is -0.122. The van der Waals surface area contributed by atoms with Crippen LogP contribution in [0.15, 0.2) is 72.8 Å². The Labute approximate surface area is 271 Å². The van der Waals surface area contributed by atoms with Gasteiger partial charge in [0.15, 0.2) is 0 Å². The number of halogens is 2. The number of anilines is 2. The van der Waals surface area contributed by atoms with Gasteiger partial charge in [-0.05, 0) is 46.9 Å². The van der Waals surface area contributed by atoms with Gasteiger partial charge in [0.05, 0.1) is 26.2 Å². The Bertz CT molecular complexity index is 1430. The third kappa shape index (κ3) is 5.01. The molecule has 0 aromatic heterocycles. The smallest absolute Gasteiger partial charge is 0.239 e. The number of hydrogen-bond acceptors (Lipinski definition) is 3. The van der Waals surface area contributed by atoms with Crippen molar-refractivity contribution in [2.45, 2.75) is 79.8 Å². The van der Waals surface area contributed by atoms with Gasteiger partial charge in [-0.25, -0.2) is 4.90 Å². The zero-order valence-electron chi connectivity index (χ0n) is 24.6. The molecule has 1 fully saturated rings. The van der Waals surface area contributed by atoms with E-state index in [-0.39, 0.29) is 17.7 Å². The van der Waals surface area contributed by atoms with E-state index in [1.807, 2.05) is 30.3 Å². The molecule has 5 nitrogen and oxygen atoms in total. The van der Waals surface area contributed by atoms with Crippen LogP contribution in [0.4, 0.5) is 11.4 Å². The van der Waals surface area contributed by atoms with E-state index in [1.54, 1.807) is 18.2 Å². The molecule has 2 bridgehead atoms. The zero-order chi connectivity index (χ0) is 30.2. The third-order valence-corrected chi connectivity index (χ3v) is 12.2. The molecular weight excluding hydrogens is 668 g/mol. The lowest BCUT2D eigenvalue weighted by Gasteiger charge is -2.55. The van der Waals surface area contributed by atoms with Crippen molar-refractivity contribution in [1.82, 2.24) is 0 Å². The van der Waals surface area contributed by atoms with E-state index >= 15 is 0 Å². The summed E-state index contributed by atoms with van der Waals surface area (Å²) in [5, 5.41) is 2.99. The second-order valence-electron chi connectivity index (χ2n) is 12.2. The molecule has 7 heteroatoms. The van der Waals surface area contributed by atoms with Crippen molar-refractivity contribution >= 4 is 61.0 Å². The van der Waals surface area contributed by atoms with E-state index in [0.29, 0.717) is 17.8 Å². The topological polar surface area (TPSA) is 66.5 Å². The molecule has 0 spiro atoms. The van der Waals surface area contributed by atoms with Crippen LogP contribution in [-0.2, 0) is 23.0 Å². The molecule has 1 saturated heterocycles. The summed E-state index contributed by atoms with van der Waals surface area (Å²) in [5.41, 5.74) is 5.09. The van der Waals surface area contributed by atoms with Crippen LogP contribution in [0.25, 0.3) is 0 Å². The molecule has 224 valence electrons. The van der Waals surface area contributed by atoms with Crippen molar-refractivity contribution in [2.24, 2.45) is 11.8 Å². The van der Waals surface area contributed by atoms with Crippen LogP contribution >= 0.6 is 31.9 Å². The number of unbranched alkanes of at least 4 members (excludes halogenated alkanes) is 8. The van der Waals surface area contributed by atoms with Crippen molar-refractivity contribution in [3.05, 3.63) is 95.1 Å². The normalized spacial score (nSPS) is 25.0. The number of rotatable bonds is 12. The molecule has 1 aliphatic heterocycles. The summed E-state index contributed by atoms with van der Waals surface area (Å²) >= 11 is 8.11. The fourth-order valence-corrected chi connectivity index (χ4v) is 9.77. The van der Waals surface area contributed by atoms with Gasteiger partial charge in [-0.1, -0.05) is 145 Å². The molecule has 1 heterocycles. The van der Waals surface area contributed by atoms with Crippen molar-refractivity contribution in [3.63, 3.8) is 0 Å². The molecule has 4 aliphatic rings. The number of benzene rings is 3. The highest BCUT2D eigenvalue weighted by Gasteiger charge is 2.72. The Morgan fingerprint density at radius 1 is 0.698 bits per heavy atom. The molecule has 3 aromatic rings. The largest absolute Gasteiger partial charge is 0.326 e. The maximum atomic E-state index is 14.3. The van der Waals surface area contributed by atoms with Gasteiger partial charge in [-0.15, -0.1) is 0 Å². The van der Waals surface area contributed by atoms with E-state index in [4.69, 9.17) is 0 Å². The van der Waals surface area contributed by atoms with E-state index < -0.39 is 20.5 Å². The Hall–Kier alpha value is -2.77. The average Bonchev–Trinajstić information content (AvgIpc) is 3.30. The van der Waals surface area contributed by atoms with Gasteiger partial charge in [0, 0.05) is 12.1 Å². The number of imide groups is 1. The predicted molar refractivity (Wildman–Crippen MR) is 179 cm³/mol. The van der Waals surface area contributed by atoms with Crippen LogP contribution in [-0.4, -0.2) is 17.7 Å². The molecule has 0 unspecified atom stereocenters. The summed E-state index contributed by atoms with van der Waals surface area (Å²) < 4.78 is -1.66. The first kappa shape index (κ1) is 30.3. The third-order valence-electron chi connectivity index (χ3n) is 9.48. The van der Waals surface area contributed by atoms with Gasteiger partial charge >= 0.3 is 0 Å². The number of carbonyl (C=O) groups excluding carboxylic acids is 3. The SMILES string of the molecule is CCCCCCCCCCCC(=O)Nc1cccc(N2C(=O)[C@H]3[C@H](C2=O)C2(Br)c4ccccc4C3(Br)c3ccccc32)c1. The summed E-state index contributed by atoms with van der Waals surface area (Å²) in [6.07, 6.45) is 11.2. The van der Waals surface area contributed by atoms with Crippen LogP contribution in [0.3, 0.4) is 0 Å². The number of nitrogens with zero attached hydrogens (tertiary/aromatic N) is 1. The first-order valence-corrected chi connectivity index (χ1v) is 17.3. The maximum Gasteiger partial charge on any atom is 0.239 e. The van der Waals surface area contributed by atoms with Gasteiger partial charge in [0.2, 0.25) is 17.7 Å². The summed E-state index contributed by atoms with van der Waals surface area (Å²) in [5.74, 6) is -1.78. The lowest BCUT2D eigenvalue weighted by Crippen LogP contribution is -2.56. The molecule has 0 radical (unpaired) electrons. The minimum absolute atomic E-state index is 0.0457. The monoisotopic (exact) mass is 704 g/mol. The standard InChI is InChI=1S/C36H38Br2N2O3/c1-2-3-4-5-6-7-8-9-10-22-30(41)39-24-16-15-17-25(23-24)40-33(42)31-32(34(40)43)36(38)27-19-12-11-18-26(27)35(31,37)28-20-13-14-21-29(28)36/h11-21,23,31-32H,2-10,22H2,1H3,(H,39,41)/t31-,32-,35?,36?/m1/s1. The second kappa shape index (κ2) is 12.3. The highest BCUT2D eigenvalue weighted by atomic mass is 79.9. The highest BCUT2D eigenvalue weighted by molar-refractivity contribution is 9.10. The quantitative estimate of drug-likeness (QED) is 0.116. The van der Waals surface area contributed by atoms with Crippen LogP contribution in [0.2, 0.25) is 0 Å². The molecule has 3 aliphatic carbocycles. The van der Waals surface area contributed by atoms with Crippen LogP contribution in [0.1, 0.15) is 93.4 Å². The van der Waals surface area contributed by atoms with Crippen molar-refractivity contribution in [2.75, 3.05) is 10.2 Å². The van der Waals surface area contributed by atoms with E-state index in [2.05, 4.69) is 68.4 Å². The molecule has 0 saturated carbocycles. The van der Waals surface area contributed by atoms with E-state index in [1.165, 1.54) is 43.4 Å². The number of alkyl halides is 2. The van der Waals surface area contributed by atoms with Crippen LogP contribution in [0, 0.1) is 11.8 Å². The summed E-state index contributed by atoms with van der Waals surface area (Å²) in [4.78, 5) is 42.7. The molecule has 43 heavy (non-hydrogen) atoms. The van der Waals surface area contributed by atoms with Gasteiger partial charge in [-0.3, -0.25) is 14.4 Å². The van der Waals surface area contributed by atoms with Gasteiger partial charge in [-0.2, -0.15) is 0 Å². The predicted octanol–water partition coefficient (Wildman–Crippen LogP) is 8.96. The maximum absolute atomic E-state index is 14.3. The van der Waals surface area contributed by atoms with Crippen LogP contribution < -0.4 is 10.2 Å². The van der Waals surface area contributed by atoms with Gasteiger partial charge in [0.1, 0.15) is 0 Å². The van der Waals surface area contributed by atoms with E-state index in [0.717, 1.165) is 41.5 Å². The number of carbonyl (C=O) groups is 3. The Morgan fingerprint density at radius 3 is 1.65 bits per heavy atom. The molecule has 1 N–H and O–H groups in total. The van der Waals surface area contributed by atoms with Crippen LogP contribution in [0.5, 0.6) is 0 Å². The van der Waals surface area contributed by atoms with Gasteiger partial charge in [0.25, 0.3) is 0 Å². The molecular formula is C36H38Br2N2O3. The molecule has 7 rings (SSSR count). The van der Waals surface area contributed by atoms with E-state index in [9.17, 15) is 14.4 Å². The molecule has 3 aromatic carbocycles. The Morgan fingerprint density at radius 2 is 1.16 bits per heavy atom. The number of amides is 3. The van der Waals surface area contributed by atoms with Crippen molar-refractivity contribution in [1.29, 1.82) is 0 Å². The number of nitrogens with one attached hydrogen (secondary N) is 1. The minimum atomic E-state index is -0.830. The highest BCUT2D eigenvalue weighted by Crippen LogP contribution is 2.70. The zero-order valence-corrected chi connectivity index (χ0v) is 27.8. The lowest BCUT2D eigenvalue weighted by atomic mass is 9.54. The molecule has 2 atom stereocenters. The minimum Gasteiger partial charge on any atom is -0.326 e. The fraction of sp³-hybridized carbons (Fsp3) is 0.417. The van der Waals surface area contributed by atoms with Crippen molar-refractivity contribution in [3.8, 4) is 0 Å². The first-order chi connectivity index (χ1) is 20.8. The summed E-state index contributed by atoms with van der Waals surface area (Å²) in [6, 6.07) is 23.2.